The summed E-state index contributed by atoms with van der Waals surface area (Å²) in [6.45, 7) is 0. The van der Waals surface area contributed by atoms with Crippen LogP contribution in [-0.2, 0) is 0 Å². The smallest absolute Gasteiger partial charge is 0.227 e. The van der Waals surface area contributed by atoms with Gasteiger partial charge < -0.3 is 13.7 Å². The fraction of sp³-hybridized carbons (Fsp3) is 0. The van der Waals surface area contributed by atoms with Gasteiger partial charge in [0.15, 0.2) is 5.58 Å². The molecule has 0 saturated heterocycles. The number of rotatable bonds is 6. The predicted octanol–water partition coefficient (Wildman–Crippen LogP) is 13.4. The Labute approximate surface area is 294 Å². The molecule has 0 N–H and O–H groups in total. The highest BCUT2D eigenvalue weighted by atomic mass is 16.3. The lowest BCUT2D eigenvalue weighted by molar-refractivity contribution is 0.623. The van der Waals surface area contributed by atoms with Crippen LogP contribution in [0.25, 0.3) is 77.5 Å². The van der Waals surface area contributed by atoms with E-state index in [0.29, 0.717) is 5.89 Å². The summed E-state index contributed by atoms with van der Waals surface area (Å²) < 4.78 is 12.7. The molecular formula is C47H30N2O2. The largest absolute Gasteiger partial charge is 0.456 e. The van der Waals surface area contributed by atoms with Crippen LogP contribution in [-0.4, -0.2) is 4.98 Å². The Morgan fingerprint density at radius 1 is 0.373 bits per heavy atom. The van der Waals surface area contributed by atoms with Gasteiger partial charge in [0.1, 0.15) is 16.7 Å². The van der Waals surface area contributed by atoms with Gasteiger partial charge >= 0.3 is 0 Å². The number of fused-ring (bicyclic) bond motifs is 6. The fourth-order valence-corrected chi connectivity index (χ4v) is 7.22. The molecule has 0 aliphatic carbocycles. The highest BCUT2D eigenvalue weighted by Gasteiger charge is 2.17. The third kappa shape index (κ3) is 5.04. The van der Waals surface area contributed by atoms with E-state index in [2.05, 4.69) is 138 Å². The maximum absolute atomic E-state index is 6.37. The molecule has 0 saturated carbocycles. The van der Waals surface area contributed by atoms with Gasteiger partial charge in [0.25, 0.3) is 0 Å². The Kier molecular flexibility index (Phi) is 6.78. The molecule has 0 amide bonds. The van der Waals surface area contributed by atoms with Gasteiger partial charge in [-0.05, 0) is 88.3 Å². The Balaban J connectivity index is 1.06. The van der Waals surface area contributed by atoms with Crippen molar-refractivity contribution in [2.45, 2.75) is 0 Å². The lowest BCUT2D eigenvalue weighted by atomic mass is 9.97. The molecule has 51 heavy (non-hydrogen) atoms. The summed E-state index contributed by atoms with van der Waals surface area (Å²) in [5.74, 6) is 0.630. The summed E-state index contributed by atoms with van der Waals surface area (Å²) in [5, 5.41) is 4.40. The average molecular weight is 655 g/mol. The van der Waals surface area contributed by atoms with Crippen LogP contribution in [0.2, 0.25) is 0 Å². The number of nitrogens with zero attached hydrogens (tertiary/aromatic N) is 2. The molecule has 0 fully saturated rings. The highest BCUT2D eigenvalue weighted by molar-refractivity contribution is 6.09. The molecule has 2 heterocycles. The number of oxazole rings is 1. The minimum Gasteiger partial charge on any atom is -0.456 e. The third-order valence-corrected chi connectivity index (χ3v) is 9.72. The van der Waals surface area contributed by atoms with E-state index in [1.807, 2.05) is 48.5 Å². The van der Waals surface area contributed by atoms with Gasteiger partial charge in [0.2, 0.25) is 5.89 Å². The van der Waals surface area contributed by atoms with Crippen molar-refractivity contribution in [3.8, 4) is 33.7 Å². The van der Waals surface area contributed by atoms with E-state index in [9.17, 15) is 0 Å². The van der Waals surface area contributed by atoms with Gasteiger partial charge in [-0.15, -0.1) is 0 Å². The molecule has 0 bridgehead atoms. The second kappa shape index (κ2) is 11.9. The number of benzene rings is 8. The van der Waals surface area contributed by atoms with Crippen molar-refractivity contribution in [3.63, 3.8) is 0 Å². The molecule has 2 aromatic heterocycles. The van der Waals surface area contributed by atoms with Crippen molar-refractivity contribution < 1.29 is 8.83 Å². The zero-order valence-electron chi connectivity index (χ0n) is 27.5. The summed E-state index contributed by atoms with van der Waals surface area (Å²) in [4.78, 5) is 7.09. The summed E-state index contributed by atoms with van der Waals surface area (Å²) in [5.41, 5.74) is 12.1. The first-order valence-electron chi connectivity index (χ1n) is 17.1. The lowest BCUT2D eigenvalue weighted by Crippen LogP contribution is -2.09. The average Bonchev–Trinajstić information content (AvgIpc) is 3.81. The number of aromatic nitrogens is 1. The van der Waals surface area contributed by atoms with E-state index in [0.717, 1.165) is 77.6 Å². The zero-order valence-corrected chi connectivity index (χ0v) is 27.5. The van der Waals surface area contributed by atoms with Crippen molar-refractivity contribution in [2.75, 3.05) is 4.90 Å². The molecule has 4 nitrogen and oxygen atoms in total. The Morgan fingerprint density at radius 3 is 1.73 bits per heavy atom. The van der Waals surface area contributed by atoms with E-state index < -0.39 is 0 Å². The second-order valence-electron chi connectivity index (χ2n) is 12.8. The third-order valence-electron chi connectivity index (χ3n) is 9.72. The predicted molar refractivity (Wildman–Crippen MR) is 210 cm³/mol. The highest BCUT2D eigenvalue weighted by Crippen LogP contribution is 2.41. The Bertz CT molecular complexity index is 2840. The summed E-state index contributed by atoms with van der Waals surface area (Å²) in [6.07, 6.45) is 0. The minimum atomic E-state index is 0.630. The maximum atomic E-state index is 6.37. The molecule has 0 atom stereocenters. The molecule has 240 valence electrons. The zero-order chi connectivity index (χ0) is 33.7. The summed E-state index contributed by atoms with van der Waals surface area (Å²) in [6, 6.07) is 63.4. The van der Waals surface area contributed by atoms with Gasteiger partial charge in [0.05, 0.1) is 0 Å². The first-order valence-corrected chi connectivity index (χ1v) is 17.1. The van der Waals surface area contributed by atoms with Crippen molar-refractivity contribution in [3.05, 3.63) is 182 Å². The minimum absolute atomic E-state index is 0.630. The number of anilines is 3. The van der Waals surface area contributed by atoms with Crippen molar-refractivity contribution in [2.24, 2.45) is 0 Å². The standard InChI is InChI=1S/C47H30N2O2/c1-3-10-31(11-4-1)32-18-22-35(23-19-32)49(37-26-27-41-40-14-7-8-17-44(40)50-45(41)30-37)36-24-20-33(21-25-36)38-15-9-16-42-39(38)28-29-43-46(42)51-47(48-43)34-12-5-2-6-13-34/h1-30H. The molecule has 8 aromatic carbocycles. The van der Waals surface area contributed by atoms with Gasteiger partial charge in [-0.3, -0.25) is 0 Å². The molecule has 0 radical (unpaired) electrons. The van der Waals surface area contributed by atoms with E-state index >= 15 is 0 Å². The van der Waals surface area contributed by atoms with E-state index in [1.165, 1.54) is 11.1 Å². The quantitative estimate of drug-likeness (QED) is 0.179. The fourth-order valence-electron chi connectivity index (χ4n) is 7.22. The van der Waals surface area contributed by atoms with Crippen molar-refractivity contribution in [1.29, 1.82) is 0 Å². The molecule has 4 heteroatoms. The van der Waals surface area contributed by atoms with Crippen LogP contribution in [0.4, 0.5) is 17.1 Å². The van der Waals surface area contributed by atoms with E-state index in [-0.39, 0.29) is 0 Å². The summed E-state index contributed by atoms with van der Waals surface area (Å²) >= 11 is 0. The first-order chi connectivity index (χ1) is 25.3. The molecule has 10 aromatic rings. The van der Waals surface area contributed by atoms with Crippen LogP contribution in [0.3, 0.4) is 0 Å². The van der Waals surface area contributed by atoms with Crippen LogP contribution in [0.5, 0.6) is 0 Å². The van der Waals surface area contributed by atoms with Gasteiger partial charge in [-0.25, -0.2) is 4.98 Å². The lowest BCUT2D eigenvalue weighted by Gasteiger charge is -2.26. The van der Waals surface area contributed by atoms with Crippen LogP contribution < -0.4 is 4.90 Å². The van der Waals surface area contributed by atoms with Crippen molar-refractivity contribution >= 4 is 60.9 Å². The van der Waals surface area contributed by atoms with Crippen LogP contribution in [0.15, 0.2) is 191 Å². The second-order valence-corrected chi connectivity index (χ2v) is 12.8. The Morgan fingerprint density at radius 2 is 0.961 bits per heavy atom. The number of para-hydroxylation sites is 1. The molecule has 0 spiro atoms. The molecular weight excluding hydrogens is 625 g/mol. The summed E-state index contributed by atoms with van der Waals surface area (Å²) in [7, 11) is 0. The topological polar surface area (TPSA) is 42.4 Å². The number of hydrogen-bond acceptors (Lipinski definition) is 4. The normalized spacial score (nSPS) is 11.5. The van der Waals surface area contributed by atoms with Crippen LogP contribution >= 0.6 is 0 Å². The van der Waals surface area contributed by atoms with Crippen LogP contribution in [0.1, 0.15) is 0 Å². The Hall–Kier alpha value is -6.91. The molecule has 10 rings (SSSR count). The monoisotopic (exact) mass is 654 g/mol. The molecule has 0 aliphatic heterocycles. The SMILES string of the molecule is c1ccc(-c2ccc(N(c3ccc(-c4cccc5c4ccc4nc(-c6ccccc6)oc45)cc3)c3ccc4c(c3)oc3ccccc34)cc2)cc1. The van der Waals surface area contributed by atoms with E-state index in [1.54, 1.807) is 0 Å². The molecule has 0 aliphatic rings. The van der Waals surface area contributed by atoms with Gasteiger partial charge in [-0.2, -0.15) is 0 Å². The van der Waals surface area contributed by atoms with Gasteiger partial charge in [0, 0.05) is 44.9 Å². The van der Waals surface area contributed by atoms with Crippen LogP contribution in [0, 0.1) is 0 Å². The number of furan rings is 1. The first kappa shape index (κ1) is 29.0. The van der Waals surface area contributed by atoms with E-state index in [4.69, 9.17) is 13.8 Å². The number of hydrogen-bond donors (Lipinski definition) is 0. The molecule has 0 unspecified atom stereocenters. The van der Waals surface area contributed by atoms with Gasteiger partial charge in [-0.1, -0.05) is 115 Å². The van der Waals surface area contributed by atoms with Crippen molar-refractivity contribution in [1.82, 2.24) is 4.98 Å². The maximum Gasteiger partial charge on any atom is 0.227 e.